The van der Waals surface area contributed by atoms with Gasteiger partial charge in [-0.1, -0.05) is 103 Å². The van der Waals surface area contributed by atoms with Crippen molar-refractivity contribution in [3.8, 4) is 11.1 Å². The number of likely N-dealkylation sites (tertiary alicyclic amines) is 1. The molecule has 2 heterocycles. The summed E-state index contributed by atoms with van der Waals surface area (Å²) >= 11 is 0. The molecule has 7 aromatic carbocycles. The predicted octanol–water partition coefficient (Wildman–Crippen LogP) is 9.24. The zero-order chi connectivity index (χ0) is 43.8. The van der Waals surface area contributed by atoms with Crippen molar-refractivity contribution < 1.29 is 26.8 Å². The Labute approximate surface area is 367 Å². The van der Waals surface area contributed by atoms with E-state index in [1.807, 2.05) is 89.8 Å². The molecule has 0 saturated carbocycles. The van der Waals surface area contributed by atoms with E-state index in [1.165, 1.54) is 35.9 Å². The maximum atomic E-state index is 13.5. The summed E-state index contributed by atoms with van der Waals surface area (Å²) in [7, 11) is -3.89. The Morgan fingerprint density at radius 1 is 0.587 bits per heavy atom. The number of fused-ring (bicyclic) bond motifs is 2. The highest BCUT2D eigenvalue weighted by atomic mass is 32.2. The van der Waals surface area contributed by atoms with Gasteiger partial charge in [0.25, 0.3) is 15.9 Å². The maximum absolute atomic E-state index is 13.5. The lowest BCUT2D eigenvalue weighted by Crippen LogP contribution is -2.45. The predicted molar refractivity (Wildman–Crippen MR) is 244 cm³/mol. The zero-order valence-electron chi connectivity index (χ0n) is 34.8. The van der Waals surface area contributed by atoms with Crippen molar-refractivity contribution in [3.63, 3.8) is 0 Å². The molecule has 0 radical (unpaired) electrons. The summed E-state index contributed by atoms with van der Waals surface area (Å²) in [4.78, 5) is 32.3. The first-order chi connectivity index (χ1) is 30.6. The van der Waals surface area contributed by atoms with Crippen molar-refractivity contribution >= 4 is 43.5 Å². The quantitative estimate of drug-likeness (QED) is 0.150. The maximum Gasteiger partial charge on any atom is 0.328 e. The topological polar surface area (TPSA) is 102 Å². The summed E-state index contributed by atoms with van der Waals surface area (Å²) in [5.41, 5.74) is 5.12. The molecule has 2 aliphatic rings. The molecule has 2 fully saturated rings. The fraction of sp³-hybridized carbons (Fsp3) is 0.216. The van der Waals surface area contributed by atoms with E-state index in [0.29, 0.717) is 19.6 Å². The van der Waals surface area contributed by atoms with Gasteiger partial charge in [0.1, 0.15) is 11.6 Å². The number of rotatable bonds is 9. The molecule has 322 valence electrons. The van der Waals surface area contributed by atoms with Gasteiger partial charge in [0.05, 0.1) is 4.90 Å². The van der Waals surface area contributed by atoms with Gasteiger partial charge in [-0.3, -0.25) is 14.6 Å². The first kappa shape index (κ1) is 43.2. The Hall–Kier alpha value is -6.47. The van der Waals surface area contributed by atoms with Gasteiger partial charge in [0.15, 0.2) is 0 Å². The summed E-state index contributed by atoms with van der Waals surface area (Å²) in [6, 6.07) is 46.7. The summed E-state index contributed by atoms with van der Waals surface area (Å²) < 4.78 is 53.3. The Morgan fingerprint density at radius 3 is 1.83 bits per heavy atom. The average Bonchev–Trinajstić information content (AvgIpc) is 3.59. The van der Waals surface area contributed by atoms with E-state index in [1.54, 1.807) is 30.3 Å². The number of carbonyl (C=O) groups excluding carboxylic acids is 2. The minimum absolute atomic E-state index is 0.0457. The minimum Gasteiger partial charge on any atom is -0.337 e. The molecule has 2 aliphatic heterocycles. The second kappa shape index (κ2) is 19.7. The van der Waals surface area contributed by atoms with Crippen LogP contribution in [0.4, 0.5) is 13.6 Å². The van der Waals surface area contributed by atoms with Crippen LogP contribution in [0.25, 0.3) is 32.7 Å². The summed E-state index contributed by atoms with van der Waals surface area (Å²) in [5.74, 6) is -0.360. The van der Waals surface area contributed by atoms with Gasteiger partial charge in [0, 0.05) is 64.0 Å². The van der Waals surface area contributed by atoms with E-state index in [-0.39, 0.29) is 28.5 Å². The standard InChI is InChI=1S/C29H27FN2O.C22H22FN3O3S/c30-26-14-13-24-19-22(11-12-25(24)20-26)21-31-15-6-16-32(18-17-31)29(33)28-10-5-4-9-27(28)23-7-2-1-3-8-23;23-19-9-8-17-12-16(6-7-18(17)13-19)14-26-11-10-20(15-26)24-22(27)25-30(28,29)21-4-2-1-3-5-21/h1-5,7-14,19-20H,6,15-18,21H2;1-9,12-13,20H,10-11,14-15H2,(H2,24,25,27). The SMILES string of the molecule is O=C(NC1CCN(Cc2ccc3cc(F)ccc3c2)C1)NS(=O)(=O)c1ccccc1.O=C(c1ccccc1-c1ccccc1)N1CCCN(Cc2ccc3cc(F)ccc3c2)CC1. The highest BCUT2D eigenvalue weighted by Gasteiger charge is 2.26. The Balaban J connectivity index is 0.000000174. The van der Waals surface area contributed by atoms with E-state index in [2.05, 4.69) is 32.0 Å². The van der Waals surface area contributed by atoms with Gasteiger partial charge in [-0.25, -0.2) is 26.7 Å². The summed E-state index contributed by atoms with van der Waals surface area (Å²) in [5, 5.41) is 6.55. The van der Waals surface area contributed by atoms with Crippen LogP contribution in [0, 0.1) is 11.6 Å². The van der Waals surface area contributed by atoms with Gasteiger partial charge in [-0.15, -0.1) is 0 Å². The van der Waals surface area contributed by atoms with Crippen molar-refractivity contribution in [1.82, 2.24) is 24.7 Å². The van der Waals surface area contributed by atoms with Gasteiger partial charge in [-0.2, -0.15) is 0 Å². The molecule has 12 heteroatoms. The van der Waals surface area contributed by atoms with Crippen LogP contribution >= 0.6 is 0 Å². The molecular formula is C51H49F2N5O4S. The van der Waals surface area contributed by atoms with E-state index < -0.39 is 16.1 Å². The number of sulfonamides is 1. The molecule has 7 aromatic rings. The first-order valence-electron chi connectivity index (χ1n) is 21.2. The molecule has 0 spiro atoms. The van der Waals surface area contributed by atoms with Crippen molar-refractivity contribution in [2.24, 2.45) is 0 Å². The molecule has 1 unspecified atom stereocenters. The third-order valence-corrected chi connectivity index (χ3v) is 12.9. The molecule has 0 aromatic heterocycles. The van der Waals surface area contributed by atoms with Gasteiger partial charge >= 0.3 is 6.03 Å². The molecule has 0 bridgehead atoms. The second-order valence-corrected chi connectivity index (χ2v) is 17.8. The molecule has 2 saturated heterocycles. The minimum atomic E-state index is -3.89. The third-order valence-electron chi connectivity index (χ3n) is 11.6. The largest absolute Gasteiger partial charge is 0.337 e. The number of urea groups is 1. The number of nitrogens with zero attached hydrogens (tertiary/aromatic N) is 3. The van der Waals surface area contributed by atoms with Crippen LogP contribution in [0.15, 0.2) is 163 Å². The molecule has 0 aliphatic carbocycles. The van der Waals surface area contributed by atoms with E-state index in [4.69, 9.17) is 0 Å². The van der Waals surface area contributed by atoms with Gasteiger partial charge < -0.3 is 10.2 Å². The molecule has 2 N–H and O–H groups in total. The van der Waals surface area contributed by atoms with Crippen LogP contribution < -0.4 is 10.0 Å². The first-order valence-corrected chi connectivity index (χ1v) is 22.7. The van der Waals surface area contributed by atoms with Crippen molar-refractivity contribution in [1.29, 1.82) is 0 Å². The van der Waals surface area contributed by atoms with Crippen LogP contribution in [0.3, 0.4) is 0 Å². The van der Waals surface area contributed by atoms with E-state index in [9.17, 15) is 26.8 Å². The Bertz CT molecular complexity index is 2830. The number of hydrogen-bond acceptors (Lipinski definition) is 6. The van der Waals surface area contributed by atoms with Crippen molar-refractivity contribution in [2.45, 2.75) is 36.9 Å². The smallest absolute Gasteiger partial charge is 0.328 e. The lowest BCUT2D eigenvalue weighted by molar-refractivity contribution is 0.0762. The molecule has 1 atom stereocenters. The highest BCUT2D eigenvalue weighted by Crippen LogP contribution is 2.26. The third kappa shape index (κ3) is 11.1. The van der Waals surface area contributed by atoms with Crippen LogP contribution in [-0.4, -0.2) is 80.4 Å². The fourth-order valence-corrected chi connectivity index (χ4v) is 9.31. The molecule has 3 amide bonds. The summed E-state index contributed by atoms with van der Waals surface area (Å²) in [6.07, 6.45) is 1.68. The van der Waals surface area contributed by atoms with Gasteiger partial charge in [0.2, 0.25) is 0 Å². The monoisotopic (exact) mass is 865 g/mol. The van der Waals surface area contributed by atoms with E-state index >= 15 is 0 Å². The average molecular weight is 866 g/mol. The number of amides is 3. The number of halogens is 2. The lowest BCUT2D eigenvalue weighted by atomic mass is 9.99. The van der Waals surface area contributed by atoms with E-state index in [0.717, 1.165) is 89.4 Å². The molecular weight excluding hydrogens is 817 g/mol. The van der Waals surface area contributed by atoms with Crippen LogP contribution in [0.1, 0.15) is 34.3 Å². The van der Waals surface area contributed by atoms with Crippen LogP contribution in [0.2, 0.25) is 0 Å². The molecule has 9 nitrogen and oxygen atoms in total. The Kier molecular flexibility index (Phi) is 13.5. The van der Waals surface area contributed by atoms with Crippen LogP contribution in [-0.2, 0) is 23.1 Å². The Morgan fingerprint density at radius 2 is 1.16 bits per heavy atom. The number of benzene rings is 7. The molecule has 63 heavy (non-hydrogen) atoms. The molecule has 9 rings (SSSR count). The second-order valence-electron chi connectivity index (χ2n) is 16.1. The fourth-order valence-electron chi connectivity index (χ4n) is 8.38. The number of hydrogen-bond donors (Lipinski definition) is 2. The zero-order valence-corrected chi connectivity index (χ0v) is 35.6. The lowest BCUT2D eigenvalue weighted by Gasteiger charge is -2.23. The normalized spacial score (nSPS) is 16.0. The number of carbonyl (C=O) groups is 2. The van der Waals surface area contributed by atoms with Crippen molar-refractivity contribution in [3.05, 3.63) is 186 Å². The van der Waals surface area contributed by atoms with Crippen molar-refractivity contribution in [2.75, 3.05) is 39.3 Å². The summed E-state index contributed by atoms with van der Waals surface area (Å²) in [6.45, 7) is 6.20. The van der Waals surface area contributed by atoms with Gasteiger partial charge in [-0.05, 0) is 111 Å². The number of nitrogens with one attached hydrogen (secondary N) is 2. The van der Waals surface area contributed by atoms with Crippen LogP contribution in [0.5, 0.6) is 0 Å². The highest BCUT2D eigenvalue weighted by molar-refractivity contribution is 7.90.